The van der Waals surface area contributed by atoms with Gasteiger partial charge in [0, 0.05) is 6.07 Å². The number of methoxy groups -OCH3 is 2. The zero-order valence-electron chi connectivity index (χ0n) is 12.1. The first-order valence-corrected chi connectivity index (χ1v) is 6.39. The fraction of sp³-hybridized carbons (Fsp3) is 0.200. The second-order valence-electron chi connectivity index (χ2n) is 4.56. The lowest BCUT2D eigenvalue weighted by atomic mass is 9.98. The molecule has 2 aromatic rings. The molecule has 0 aliphatic rings. The number of nitro groups is 1. The van der Waals surface area contributed by atoms with Crippen LogP contribution in [0.2, 0.25) is 0 Å². The molecule has 22 heavy (non-hydrogen) atoms. The van der Waals surface area contributed by atoms with Crippen molar-refractivity contribution < 1.29 is 18.8 Å². The van der Waals surface area contributed by atoms with Gasteiger partial charge in [0.1, 0.15) is 5.82 Å². The molecule has 0 amide bonds. The zero-order valence-corrected chi connectivity index (χ0v) is 12.1. The van der Waals surface area contributed by atoms with Crippen molar-refractivity contribution in [3.8, 4) is 11.5 Å². The molecular formula is C15H15FN2O4. The summed E-state index contributed by atoms with van der Waals surface area (Å²) >= 11 is 0. The van der Waals surface area contributed by atoms with E-state index in [1.165, 1.54) is 44.6 Å². The standard InChI is InChI=1S/C15H15FN2O4/c1-21-13-8-10(7-12(18(19)20)15(13)22-2)14(17)9-3-5-11(16)6-4-9/h3-8,14H,17H2,1-2H3. The number of halogens is 1. The van der Waals surface area contributed by atoms with Crippen LogP contribution in [0.15, 0.2) is 36.4 Å². The maximum absolute atomic E-state index is 13.0. The van der Waals surface area contributed by atoms with Gasteiger partial charge in [0.15, 0.2) is 5.75 Å². The first-order valence-electron chi connectivity index (χ1n) is 6.39. The maximum Gasteiger partial charge on any atom is 0.315 e. The highest BCUT2D eigenvalue weighted by Gasteiger charge is 2.24. The Morgan fingerprint density at radius 3 is 2.27 bits per heavy atom. The number of hydrogen-bond acceptors (Lipinski definition) is 5. The fourth-order valence-corrected chi connectivity index (χ4v) is 2.14. The molecule has 7 heteroatoms. The summed E-state index contributed by atoms with van der Waals surface area (Å²) < 4.78 is 23.1. The molecule has 0 saturated carbocycles. The summed E-state index contributed by atoms with van der Waals surface area (Å²) in [5.41, 5.74) is 6.96. The van der Waals surface area contributed by atoms with Crippen molar-refractivity contribution in [2.75, 3.05) is 14.2 Å². The molecule has 0 heterocycles. The van der Waals surface area contributed by atoms with Crippen molar-refractivity contribution in [2.24, 2.45) is 5.73 Å². The largest absolute Gasteiger partial charge is 0.493 e. The third-order valence-corrected chi connectivity index (χ3v) is 3.27. The smallest absolute Gasteiger partial charge is 0.315 e. The van der Waals surface area contributed by atoms with Crippen molar-refractivity contribution in [1.82, 2.24) is 0 Å². The minimum atomic E-state index is -0.654. The summed E-state index contributed by atoms with van der Waals surface area (Å²) in [4.78, 5) is 10.6. The molecular weight excluding hydrogens is 291 g/mol. The van der Waals surface area contributed by atoms with Gasteiger partial charge in [-0.05, 0) is 29.3 Å². The Labute approximate surface area is 126 Å². The van der Waals surface area contributed by atoms with Gasteiger partial charge in [-0.2, -0.15) is 0 Å². The molecule has 0 bridgehead atoms. The van der Waals surface area contributed by atoms with Gasteiger partial charge >= 0.3 is 5.69 Å². The van der Waals surface area contributed by atoms with Gasteiger partial charge < -0.3 is 15.2 Å². The number of nitrogens with two attached hydrogens (primary N) is 1. The lowest BCUT2D eigenvalue weighted by Crippen LogP contribution is -2.13. The second-order valence-corrected chi connectivity index (χ2v) is 4.56. The zero-order chi connectivity index (χ0) is 16.3. The molecule has 0 aliphatic carbocycles. The van der Waals surface area contributed by atoms with E-state index in [1.807, 2.05) is 0 Å². The van der Waals surface area contributed by atoms with E-state index in [2.05, 4.69) is 0 Å². The summed E-state index contributed by atoms with van der Waals surface area (Å²) in [6.07, 6.45) is 0. The van der Waals surface area contributed by atoms with Crippen LogP contribution < -0.4 is 15.2 Å². The number of hydrogen-bond donors (Lipinski definition) is 1. The van der Waals surface area contributed by atoms with E-state index in [4.69, 9.17) is 15.2 Å². The van der Waals surface area contributed by atoms with E-state index in [-0.39, 0.29) is 23.0 Å². The van der Waals surface area contributed by atoms with Crippen LogP contribution in [0, 0.1) is 15.9 Å². The number of ether oxygens (including phenoxy) is 2. The van der Waals surface area contributed by atoms with Crippen molar-refractivity contribution in [2.45, 2.75) is 6.04 Å². The molecule has 0 saturated heterocycles. The predicted octanol–water partition coefficient (Wildman–Crippen LogP) is 2.80. The van der Waals surface area contributed by atoms with Crippen molar-refractivity contribution >= 4 is 5.69 Å². The van der Waals surface area contributed by atoms with E-state index in [0.29, 0.717) is 11.1 Å². The van der Waals surface area contributed by atoms with Gasteiger partial charge in [0.05, 0.1) is 25.2 Å². The predicted molar refractivity (Wildman–Crippen MR) is 78.6 cm³/mol. The van der Waals surface area contributed by atoms with Gasteiger partial charge in [0.25, 0.3) is 0 Å². The fourth-order valence-electron chi connectivity index (χ4n) is 2.14. The molecule has 2 N–H and O–H groups in total. The highest BCUT2D eigenvalue weighted by molar-refractivity contribution is 5.59. The highest BCUT2D eigenvalue weighted by atomic mass is 19.1. The molecule has 6 nitrogen and oxygen atoms in total. The lowest BCUT2D eigenvalue weighted by molar-refractivity contribution is -0.385. The summed E-state index contributed by atoms with van der Waals surface area (Å²) in [6, 6.07) is 7.87. The number of nitrogens with zero attached hydrogens (tertiary/aromatic N) is 1. The Hall–Kier alpha value is -2.67. The van der Waals surface area contributed by atoms with Crippen LogP contribution in [-0.4, -0.2) is 19.1 Å². The van der Waals surface area contributed by atoms with Gasteiger partial charge in [0.2, 0.25) is 5.75 Å². The molecule has 0 aromatic heterocycles. The summed E-state index contributed by atoms with van der Waals surface area (Å²) in [5, 5.41) is 11.2. The molecule has 2 rings (SSSR count). The Kier molecular flexibility index (Phi) is 4.57. The SMILES string of the molecule is COc1cc(C(N)c2ccc(F)cc2)cc([N+](=O)[O-])c1OC. The quantitative estimate of drug-likeness (QED) is 0.678. The van der Waals surface area contributed by atoms with E-state index in [9.17, 15) is 14.5 Å². The molecule has 0 fully saturated rings. The van der Waals surface area contributed by atoms with Crippen LogP contribution in [-0.2, 0) is 0 Å². The summed E-state index contributed by atoms with van der Waals surface area (Å²) in [7, 11) is 2.71. The second kappa shape index (κ2) is 6.40. The van der Waals surface area contributed by atoms with Crippen LogP contribution in [0.4, 0.5) is 10.1 Å². The maximum atomic E-state index is 13.0. The highest BCUT2D eigenvalue weighted by Crippen LogP contribution is 2.40. The molecule has 1 atom stereocenters. The minimum absolute atomic E-state index is 0.0301. The molecule has 0 spiro atoms. The molecule has 1 unspecified atom stereocenters. The number of benzene rings is 2. The van der Waals surface area contributed by atoms with Crippen molar-refractivity contribution in [3.63, 3.8) is 0 Å². The minimum Gasteiger partial charge on any atom is -0.493 e. The van der Waals surface area contributed by atoms with Gasteiger partial charge in [-0.1, -0.05) is 12.1 Å². The Morgan fingerprint density at radius 2 is 1.77 bits per heavy atom. The van der Waals surface area contributed by atoms with Crippen LogP contribution in [0.5, 0.6) is 11.5 Å². The van der Waals surface area contributed by atoms with Gasteiger partial charge in [-0.3, -0.25) is 10.1 Å². The molecule has 116 valence electrons. The molecule has 2 aromatic carbocycles. The summed E-state index contributed by atoms with van der Waals surface area (Å²) in [6.45, 7) is 0. The lowest BCUT2D eigenvalue weighted by Gasteiger charge is -2.15. The van der Waals surface area contributed by atoms with Crippen molar-refractivity contribution in [3.05, 3.63) is 63.5 Å². The first kappa shape index (κ1) is 15.7. The van der Waals surface area contributed by atoms with E-state index in [0.717, 1.165) is 0 Å². The first-order chi connectivity index (χ1) is 10.5. The number of nitro benzene ring substituents is 1. The third-order valence-electron chi connectivity index (χ3n) is 3.27. The van der Waals surface area contributed by atoms with Crippen molar-refractivity contribution in [1.29, 1.82) is 0 Å². The van der Waals surface area contributed by atoms with Gasteiger partial charge in [-0.15, -0.1) is 0 Å². The van der Waals surface area contributed by atoms with Crippen LogP contribution in [0.25, 0.3) is 0 Å². The van der Waals surface area contributed by atoms with Crippen LogP contribution in [0.3, 0.4) is 0 Å². The Balaban J connectivity index is 2.52. The van der Waals surface area contributed by atoms with Crippen LogP contribution in [0.1, 0.15) is 17.2 Å². The topological polar surface area (TPSA) is 87.6 Å². The molecule has 0 aliphatic heterocycles. The van der Waals surface area contributed by atoms with E-state index in [1.54, 1.807) is 6.07 Å². The average molecular weight is 306 g/mol. The normalized spacial score (nSPS) is 11.8. The summed E-state index contributed by atoms with van der Waals surface area (Å²) in [5.74, 6) is -0.138. The molecule has 0 radical (unpaired) electrons. The van der Waals surface area contributed by atoms with Crippen LogP contribution >= 0.6 is 0 Å². The van der Waals surface area contributed by atoms with E-state index < -0.39 is 11.0 Å². The average Bonchev–Trinajstić information content (AvgIpc) is 2.53. The number of rotatable bonds is 5. The van der Waals surface area contributed by atoms with Gasteiger partial charge in [-0.25, -0.2) is 4.39 Å². The monoisotopic (exact) mass is 306 g/mol. The Morgan fingerprint density at radius 1 is 1.14 bits per heavy atom. The third kappa shape index (κ3) is 2.99. The Bertz CT molecular complexity index is 689. The van der Waals surface area contributed by atoms with E-state index >= 15 is 0 Å².